The first-order valence-corrected chi connectivity index (χ1v) is 7.34. The van der Waals surface area contributed by atoms with Crippen LogP contribution in [0.4, 0.5) is 0 Å². The first kappa shape index (κ1) is 14.0. The fourth-order valence-electron chi connectivity index (χ4n) is 3.20. The molecule has 102 valence electrons. The first-order valence-electron chi connectivity index (χ1n) is 6.52. The monoisotopic (exact) mass is 268 g/mol. The summed E-state index contributed by atoms with van der Waals surface area (Å²) >= 11 is 1.72. The van der Waals surface area contributed by atoms with Crippen LogP contribution in [0.2, 0.25) is 0 Å². The van der Waals surface area contributed by atoms with E-state index in [2.05, 4.69) is 32.7 Å². The van der Waals surface area contributed by atoms with Crippen LogP contribution < -0.4 is 5.73 Å². The summed E-state index contributed by atoms with van der Waals surface area (Å²) in [5.41, 5.74) is 7.32. The van der Waals surface area contributed by atoms with Crippen molar-refractivity contribution in [1.82, 2.24) is 4.98 Å². The minimum atomic E-state index is -0.173. The molecule has 2 unspecified atom stereocenters. The molecule has 0 saturated carbocycles. The van der Waals surface area contributed by atoms with E-state index in [0.29, 0.717) is 5.92 Å². The van der Waals surface area contributed by atoms with Gasteiger partial charge in [-0.1, -0.05) is 0 Å². The summed E-state index contributed by atoms with van der Waals surface area (Å²) in [6, 6.07) is 0.0213. The largest absolute Gasteiger partial charge is 0.369 e. The summed E-state index contributed by atoms with van der Waals surface area (Å²) in [4.78, 5) is 5.70. The number of aromatic nitrogens is 1. The highest BCUT2D eigenvalue weighted by molar-refractivity contribution is 7.11. The summed E-state index contributed by atoms with van der Waals surface area (Å²) in [5, 5.41) is 1.09. The zero-order valence-electron chi connectivity index (χ0n) is 12.2. The van der Waals surface area contributed by atoms with Gasteiger partial charge in [0.1, 0.15) is 0 Å². The van der Waals surface area contributed by atoms with Crippen LogP contribution in [0.1, 0.15) is 55.7 Å². The molecule has 1 aliphatic heterocycles. The number of hydrogen-bond acceptors (Lipinski definition) is 4. The predicted molar refractivity (Wildman–Crippen MR) is 75.9 cm³/mol. The van der Waals surface area contributed by atoms with Crippen molar-refractivity contribution in [1.29, 1.82) is 0 Å². The van der Waals surface area contributed by atoms with E-state index in [0.717, 1.165) is 17.1 Å². The van der Waals surface area contributed by atoms with Crippen molar-refractivity contribution in [2.45, 2.75) is 65.2 Å². The summed E-state index contributed by atoms with van der Waals surface area (Å²) in [6.07, 6.45) is 0.998. The van der Waals surface area contributed by atoms with Gasteiger partial charge in [0.05, 0.1) is 21.9 Å². The normalized spacial score (nSPS) is 27.4. The molecule has 1 saturated heterocycles. The van der Waals surface area contributed by atoms with E-state index in [1.807, 2.05) is 13.8 Å². The Morgan fingerprint density at radius 2 is 1.94 bits per heavy atom. The molecule has 0 radical (unpaired) electrons. The molecule has 18 heavy (non-hydrogen) atoms. The van der Waals surface area contributed by atoms with E-state index < -0.39 is 0 Å². The van der Waals surface area contributed by atoms with Gasteiger partial charge in [-0.3, -0.25) is 0 Å². The van der Waals surface area contributed by atoms with Crippen LogP contribution in [0.3, 0.4) is 0 Å². The molecule has 1 aromatic rings. The zero-order valence-corrected chi connectivity index (χ0v) is 13.0. The molecule has 1 aliphatic rings. The maximum absolute atomic E-state index is 6.50. The second kappa shape index (κ2) is 4.29. The standard InChI is InChI=1S/C14H24N2OS/c1-8-12(18-9(2)16-8)11(15)10-7-13(3,4)17-14(10,5)6/h10-11H,7,15H2,1-6H3. The SMILES string of the molecule is Cc1nc(C)c(C(N)C2CC(C)(C)OC2(C)C)s1. The van der Waals surface area contributed by atoms with Crippen molar-refractivity contribution < 1.29 is 4.74 Å². The minimum absolute atomic E-state index is 0.0213. The van der Waals surface area contributed by atoms with E-state index in [9.17, 15) is 0 Å². The number of hydrogen-bond donors (Lipinski definition) is 1. The molecule has 4 heteroatoms. The lowest BCUT2D eigenvalue weighted by atomic mass is 9.81. The highest BCUT2D eigenvalue weighted by Gasteiger charge is 2.49. The topological polar surface area (TPSA) is 48.1 Å². The smallest absolute Gasteiger partial charge is 0.0900 e. The van der Waals surface area contributed by atoms with Crippen molar-refractivity contribution in [3.8, 4) is 0 Å². The van der Waals surface area contributed by atoms with Gasteiger partial charge in [0, 0.05) is 16.8 Å². The Morgan fingerprint density at radius 3 is 2.33 bits per heavy atom. The molecule has 0 bridgehead atoms. The Labute approximate surface area is 114 Å². The van der Waals surface area contributed by atoms with Gasteiger partial charge in [-0.2, -0.15) is 0 Å². The van der Waals surface area contributed by atoms with Gasteiger partial charge in [0.15, 0.2) is 0 Å². The van der Waals surface area contributed by atoms with Crippen LogP contribution in [0, 0.1) is 19.8 Å². The highest BCUT2D eigenvalue weighted by atomic mass is 32.1. The van der Waals surface area contributed by atoms with Crippen LogP contribution in [0.5, 0.6) is 0 Å². The molecule has 0 aromatic carbocycles. The van der Waals surface area contributed by atoms with Crippen molar-refractivity contribution >= 4 is 11.3 Å². The van der Waals surface area contributed by atoms with Crippen LogP contribution in [-0.4, -0.2) is 16.2 Å². The number of ether oxygens (including phenoxy) is 1. The van der Waals surface area contributed by atoms with Crippen molar-refractivity contribution in [3.05, 3.63) is 15.6 Å². The number of thiazole rings is 1. The molecule has 2 rings (SSSR count). The Balaban J connectivity index is 2.29. The lowest BCUT2D eigenvalue weighted by Gasteiger charge is -2.30. The number of rotatable bonds is 2. The average Bonchev–Trinajstić information content (AvgIpc) is 2.61. The van der Waals surface area contributed by atoms with E-state index in [4.69, 9.17) is 10.5 Å². The van der Waals surface area contributed by atoms with Crippen molar-refractivity contribution in [2.75, 3.05) is 0 Å². The van der Waals surface area contributed by atoms with E-state index in [1.54, 1.807) is 11.3 Å². The number of aryl methyl sites for hydroxylation is 2. The molecule has 3 nitrogen and oxygen atoms in total. The first-order chi connectivity index (χ1) is 8.12. The highest BCUT2D eigenvalue weighted by Crippen LogP contribution is 2.47. The van der Waals surface area contributed by atoms with E-state index in [-0.39, 0.29) is 17.2 Å². The van der Waals surface area contributed by atoms with E-state index in [1.165, 1.54) is 4.88 Å². The second-order valence-corrected chi connectivity index (χ2v) is 7.72. The third-order valence-corrected chi connectivity index (χ3v) is 4.99. The van der Waals surface area contributed by atoms with Gasteiger partial charge in [-0.25, -0.2) is 4.98 Å². The maximum atomic E-state index is 6.50. The molecule has 2 heterocycles. The molecule has 0 amide bonds. The fraction of sp³-hybridized carbons (Fsp3) is 0.786. The van der Waals surface area contributed by atoms with Crippen LogP contribution in [0.25, 0.3) is 0 Å². The third-order valence-electron chi connectivity index (χ3n) is 3.82. The molecule has 2 N–H and O–H groups in total. The second-order valence-electron chi connectivity index (χ2n) is 6.48. The van der Waals surface area contributed by atoms with Gasteiger partial charge in [0.25, 0.3) is 0 Å². The lowest BCUT2D eigenvalue weighted by molar-refractivity contribution is -0.0766. The molecule has 2 atom stereocenters. The van der Waals surface area contributed by atoms with Gasteiger partial charge in [-0.15, -0.1) is 11.3 Å². The predicted octanol–water partition coefficient (Wildman–Crippen LogP) is 3.35. The van der Waals surface area contributed by atoms with Gasteiger partial charge in [0.2, 0.25) is 0 Å². The van der Waals surface area contributed by atoms with E-state index >= 15 is 0 Å². The Hall–Kier alpha value is -0.450. The lowest BCUT2D eigenvalue weighted by Crippen LogP contribution is -2.35. The number of nitrogens with zero attached hydrogens (tertiary/aromatic N) is 1. The molecule has 0 aliphatic carbocycles. The Kier molecular flexibility index (Phi) is 3.33. The maximum Gasteiger partial charge on any atom is 0.0900 e. The minimum Gasteiger partial charge on any atom is -0.369 e. The molecular formula is C14H24N2OS. The number of nitrogens with two attached hydrogens (primary N) is 1. The molecule has 1 aromatic heterocycles. The van der Waals surface area contributed by atoms with Gasteiger partial charge in [-0.05, 0) is 48.0 Å². The average molecular weight is 268 g/mol. The Morgan fingerprint density at radius 1 is 1.33 bits per heavy atom. The summed E-state index contributed by atoms with van der Waals surface area (Å²) in [6.45, 7) is 12.7. The summed E-state index contributed by atoms with van der Waals surface area (Å²) in [5.74, 6) is 0.339. The molecule has 1 fully saturated rings. The Bertz CT molecular complexity index is 451. The molecule has 0 spiro atoms. The van der Waals surface area contributed by atoms with Crippen molar-refractivity contribution in [2.24, 2.45) is 11.7 Å². The van der Waals surface area contributed by atoms with Crippen molar-refractivity contribution in [3.63, 3.8) is 0 Å². The zero-order chi connectivity index (χ0) is 13.7. The van der Waals surface area contributed by atoms with Gasteiger partial charge < -0.3 is 10.5 Å². The van der Waals surface area contributed by atoms with Crippen LogP contribution in [-0.2, 0) is 4.74 Å². The quantitative estimate of drug-likeness (QED) is 0.894. The molecular weight excluding hydrogens is 244 g/mol. The summed E-state index contributed by atoms with van der Waals surface area (Å²) in [7, 11) is 0. The third kappa shape index (κ3) is 2.46. The van der Waals surface area contributed by atoms with Gasteiger partial charge >= 0.3 is 0 Å². The summed E-state index contributed by atoms with van der Waals surface area (Å²) < 4.78 is 6.14. The van der Waals surface area contributed by atoms with Crippen LogP contribution in [0.15, 0.2) is 0 Å². The fourth-order valence-corrected chi connectivity index (χ4v) is 4.20. The van der Waals surface area contributed by atoms with Crippen LogP contribution >= 0.6 is 11.3 Å².